The summed E-state index contributed by atoms with van der Waals surface area (Å²) in [6, 6.07) is 2.17. The average molecular weight is 208 g/mol. The average Bonchev–Trinajstić information content (AvgIpc) is 2.62. The zero-order chi connectivity index (χ0) is 10.8. The van der Waals surface area contributed by atoms with E-state index in [-0.39, 0.29) is 6.23 Å². The van der Waals surface area contributed by atoms with Gasteiger partial charge in [-0.25, -0.2) is 4.68 Å². The Labute approximate surface area is 91.4 Å². The summed E-state index contributed by atoms with van der Waals surface area (Å²) in [5.74, 6) is 0.511. The molecule has 0 N–H and O–H groups in total. The van der Waals surface area contributed by atoms with Crippen molar-refractivity contribution in [1.82, 2.24) is 9.78 Å². The first-order valence-electron chi connectivity index (χ1n) is 5.86. The third-order valence-electron chi connectivity index (χ3n) is 2.91. The molecule has 1 atom stereocenters. The number of hydrogen-bond acceptors (Lipinski definition) is 2. The second-order valence-corrected chi connectivity index (χ2v) is 4.63. The van der Waals surface area contributed by atoms with Gasteiger partial charge in [-0.3, -0.25) is 0 Å². The third-order valence-corrected chi connectivity index (χ3v) is 2.91. The van der Waals surface area contributed by atoms with Crippen molar-refractivity contribution in [3.8, 4) is 0 Å². The summed E-state index contributed by atoms with van der Waals surface area (Å²) in [5.41, 5.74) is 2.38. The molecule has 0 spiro atoms. The Balaban J connectivity index is 2.25. The molecule has 1 aliphatic rings. The predicted molar refractivity (Wildman–Crippen MR) is 59.9 cm³/mol. The highest BCUT2D eigenvalue weighted by atomic mass is 16.5. The molecular weight excluding hydrogens is 188 g/mol. The molecule has 0 amide bonds. The lowest BCUT2D eigenvalue weighted by Gasteiger charge is -2.25. The molecule has 3 nitrogen and oxygen atoms in total. The fourth-order valence-electron chi connectivity index (χ4n) is 2.12. The van der Waals surface area contributed by atoms with E-state index in [4.69, 9.17) is 4.74 Å². The highest BCUT2D eigenvalue weighted by molar-refractivity contribution is 5.13. The molecule has 1 aromatic heterocycles. The Morgan fingerprint density at radius 1 is 1.47 bits per heavy atom. The van der Waals surface area contributed by atoms with Crippen LogP contribution in [0, 0.1) is 6.92 Å². The Hall–Kier alpha value is -0.830. The summed E-state index contributed by atoms with van der Waals surface area (Å²) in [6.45, 7) is 7.33. The van der Waals surface area contributed by atoms with Gasteiger partial charge in [0, 0.05) is 12.3 Å². The molecule has 0 aromatic carbocycles. The maximum Gasteiger partial charge on any atom is 0.150 e. The summed E-state index contributed by atoms with van der Waals surface area (Å²) in [4.78, 5) is 0. The van der Waals surface area contributed by atoms with Crippen molar-refractivity contribution in [3.63, 3.8) is 0 Å². The Bertz CT molecular complexity index is 324. The minimum absolute atomic E-state index is 0.171. The van der Waals surface area contributed by atoms with Crippen molar-refractivity contribution in [1.29, 1.82) is 0 Å². The molecule has 0 bridgehead atoms. The maximum atomic E-state index is 5.77. The minimum atomic E-state index is 0.171. The molecule has 1 aromatic rings. The molecule has 3 heteroatoms. The van der Waals surface area contributed by atoms with Crippen molar-refractivity contribution < 1.29 is 4.74 Å². The zero-order valence-electron chi connectivity index (χ0n) is 9.86. The molecule has 1 aliphatic heterocycles. The van der Waals surface area contributed by atoms with Crippen molar-refractivity contribution in [2.45, 2.75) is 52.2 Å². The van der Waals surface area contributed by atoms with Crippen LogP contribution in [0.1, 0.15) is 56.6 Å². The first-order chi connectivity index (χ1) is 7.18. The van der Waals surface area contributed by atoms with Crippen molar-refractivity contribution in [2.24, 2.45) is 0 Å². The summed E-state index contributed by atoms with van der Waals surface area (Å²) < 4.78 is 7.85. The molecule has 2 heterocycles. The lowest BCUT2D eigenvalue weighted by molar-refractivity contribution is -0.0416. The second kappa shape index (κ2) is 4.35. The molecule has 1 unspecified atom stereocenters. The van der Waals surface area contributed by atoms with Crippen LogP contribution in [0.3, 0.4) is 0 Å². The van der Waals surface area contributed by atoms with Gasteiger partial charge in [-0.2, -0.15) is 5.10 Å². The van der Waals surface area contributed by atoms with Crippen LogP contribution < -0.4 is 0 Å². The topological polar surface area (TPSA) is 27.1 Å². The second-order valence-electron chi connectivity index (χ2n) is 4.63. The van der Waals surface area contributed by atoms with Gasteiger partial charge in [-0.05, 0) is 38.2 Å². The highest BCUT2D eigenvalue weighted by Gasteiger charge is 2.20. The number of aromatic nitrogens is 2. The van der Waals surface area contributed by atoms with E-state index in [1.807, 2.05) is 6.92 Å². The highest BCUT2D eigenvalue weighted by Crippen LogP contribution is 2.26. The van der Waals surface area contributed by atoms with E-state index in [1.165, 1.54) is 18.5 Å². The van der Waals surface area contributed by atoms with Gasteiger partial charge >= 0.3 is 0 Å². The summed E-state index contributed by atoms with van der Waals surface area (Å²) in [7, 11) is 0. The standard InChI is InChI=1S/C12H20N2O/c1-9(2)11-8-10(3)13-14(11)12-6-4-5-7-15-12/h8-9,12H,4-7H2,1-3H3. The zero-order valence-corrected chi connectivity index (χ0v) is 9.86. The number of ether oxygens (including phenoxy) is 1. The van der Waals surface area contributed by atoms with E-state index < -0.39 is 0 Å². The normalized spacial score (nSPS) is 22.3. The number of hydrogen-bond donors (Lipinski definition) is 0. The summed E-state index contributed by atoms with van der Waals surface area (Å²) in [6.07, 6.45) is 3.71. The number of nitrogens with zero attached hydrogens (tertiary/aromatic N) is 2. The van der Waals surface area contributed by atoms with Crippen LogP contribution in [0.2, 0.25) is 0 Å². The molecular formula is C12H20N2O. The van der Waals surface area contributed by atoms with Gasteiger partial charge in [0.15, 0.2) is 0 Å². The lowest BCUT2D eigenvalue weighted by atomic mass is 10.1. The van der Waals surface area contributed by atoms with Gasteiger partial charge in [-0.1, -0.05) is 13.8 Å². The maximum absolute atomic E-state index is 5.77. The van der Waals surface area contributed by atoms with Crippen LogP contribution in [0.5, 0.6) is 0 Å². The molecule has 0 aliphatic carbocycles. The first-order valence-corrected chi connectivity index (χ1v) is 5.86. The first kappa shape index (κ1) is 10.7. The summed E-state index contributed by atoms with van der Waals surface area (Å²) >= 11 is 0. The fraction of sp³-hybridized carbons (Fsp3) is 0.750. The Morgan fingerprint density at radius 2 is 2.27 bits per heavy atom. The van der Waals surface area contributed by atoms with E-state index in [9.17, 15) is 0 Å². The Morgan fingerprint density at radius 3 is 2.87 bits per heavy atom. The van der Waals surface area contributed by atoms with E-state index in [1.54, 1.807) is 0 Å². The van der Waals surface area contributed by atoms with Gasteiger partial charge in [0.2, 0.25) is 0 Å². The predicted octanol–water partition coefficient (Wildman–Crippen LogP) is 3.01. The van der Waals surface area contributed by atoms with Crippen LogP contribution in [0.25, 0.3) is 0 Å². The SMILES string of the molecule is Cc1cc(C(C)C)n(C2CCCCO2)n1. The van der Waals surface area contributed by atoms with Crippen LogP contribution in [0.4, 0.5) is 0 Å². The van der Waals surface area contributed by atoms with Crippen molar-refractivity contribution in [2.75, 3.05) is 6.61 Å². The number of rotatable bonds is 2. The Kier molecular flexibility index (Phi) is 3.10. The van der Waals surface area contributed by atoms with Crippen LogP contribution >= 0.6 is 0 Å². The van der Waals surface area contributed by atoms with Gasteiger partial charge in [-0.15, -0.1) is 0 Å². The molecule has 1 saturated heterocycles. The number of aryl methyl sites for hydroxylation is 1. The molecule has 84 valence electrons. The van der Waals surface area contributed by atoms with E-state index in [0.717, 1.165) is 18.7 Å². The third kappa shape index (κ3) is 2.23. The summed E-state index contributed by atoms with van der Waals surface area (Å²) in [5, 5.41) is 4.55. The monoisotopic (exact) mass is 208 g/mol. The van der Waals surface area contributed by atoms with E-state index in [2.05, 4.69) is 29.7 Å². The van der Waals surface area contributed by atoms with Gasteiger partial charge in [0.1, 0.15) is 6.23 Å². The van der Waals surface area contributed by atoms with E-state index in [0.29, 0.717) is 5.92 Å². The van der Waals surface area contributed by atoms with Gasteiger partial charge < -0.3 is 4.74 Å². The van der Waals surface area contributed by atoms with Gasteiger partial charge in [0.05, 0.1) is 5.69 Å². The largest absolute Gasteiger partial charge is 0.357 e. The van der Waals surface area contributed by atoms with Crippen LogP contribution in [0.15, 0.2) is 6.07 Å². The van der Waals surface area contributed by atoms with Crippen molar-refractivity contribution >= 4 is 0 Å². The van der Waals surface area contributed by atoms with Crippen LogP contribution in [-0.4, -0.2) is 16.4 Å². The van der Waals surface area contributed by atoms with Crippen molar-refractivity contribution in [3.05, 3.63) is 17.5 Å². The molecule has 1 fully saturated rings. The molecule has 0 saturated carbocycles. The molecule has 2 rings (SSSR count). The minimum Gasteiger partial charge on any atom is -0.357 e. The quantitative estimate of drug-likeness (QED) is 0.747. The lowest BCUT2D eigenvalue weighted by Crippen LogP contribution is -2.21. The fourth-order valence-corrected chi connectivity index (χ4v) is 2.12. The van der Waals surface area contributed by atoms with Crippen LogP contribution in [-0.2, 0) is 4.74 Å². The molecule has 0 radical (unpaired) electrons. The molecule has 15 heavy (non-hydrogen) atoms. The smallest absolute Gasteiger partial charge is 0.150 e. The van der Waals surface area contributed by atoms with E-state index >= 15 is 0 Å². The van der Waals surface area contributed by atoms with Gasteiger partial charge in [0.25, 0.3) is 0 Å².